The van der Waals surface area contributed by atoms with Gasteiger partial charge in [0.1, 0.15) is 10.9 Å². The topological polar surface area (TPSA) is 104 Å². The first-order valence-electron chi connectivity index (χ1n) is 10.5. The van der Waals surface area contributed by atoms with Gasteiger partial charge in [0.2, 0.25) is 11.8 Å². The molecule has 1 heterocycles. The number of nitrogens with one attached hydrogen (secondary N) is 1. The molecule has 9 heteroatoms. The number of sulfonamides is 1. The smallest absolute Gasteiger partial charge is 0.269 e. The van der Waals surface area contributed by atoms with E-state index in [9.17, 15) is 22.8 Å². The third kappa shape index (κ3) is 4.83. The van der Waals surface area contributed by atoms with Crippen molar-refractivity contribution in [2.24, 2.45) is 0 Å². The van der Waals surface area contributed by atoms with Crippen LogP contribution in [0.15, 0.2) is 59.5 Å². The van der Waals surface area contributed by atoms with Gasteiger partial charge < -0.3 is 10.2 Å². The van der Waals surface area contributed by atoms with Crippen LogP contribution in [0.1, 0.15) is 35.7 Å². The molecule has 0 saturated carbocycles. The van der Waals surface area contributed by atoms with Gasteiger partial charge in [-0.1, -0.05) is 42.5 Å². The molecule has 3 rings (SSSR count). The van der Waals surface area contributed by atoms with Gasteiger partial charge in [0.15, 0.2) is 0 Å². The second-order valence-corrected chi connectivity index (χ2v) is 9.43. The molecule has 1 atom stereocenters. The van der Waals surface area contributed by atoms with Crippen LogP contribution in [0, 0.1) is 0 Å². The van der Waals surface area contributed by atoms with Crippen LogP contribution in [-0.4, -0.2) is 61.5 Å². The fourth-order valence-corrected chi connectivity index (χ4v) is 5.36. The van der Waals surface area contributed by atoms with E-state index in [0.29, 0.717) is 13.0 Å². The van der Waals surface area contributed by atoms with Gasteiger partial charge in [-0.05, 0) is 37.5 Å². The van der Waals surface area contributed by atoms with E-state index in [4.69, 9.17) is 0 Å². The Labute approximate surface area is 188 Å². The minimum Gasteiger partial charge on any atom is -0.357 e. The van der Waals surface area contributed by atoms with Gasteiger partial charge in [-0.2, -0.15) is 0 Å². The maximum Gasteiger partial charge on any atom is 0.269 e. The summed E-state index contributed by atoms with van der Waals surface area (Å²) in [4.78, 5) is 39.1. The van der Waals surface area contributed by atoms with E-state index in [1.165, 1.54) is 24.1 Å². The van der Waals surface area contributed by atoms with E-state index in [0.717, 1.165) is 9.87 Å². The van der Waals surface area contributed by atoms with Gasteiger partial charge in [-0.3, -0.25) is 14.4 Å². The molecule has 1 aliphatic rings. The number of carbonyl (C=O) groups excluding carboxylic acids is 3. The highest BCUT2D eigenvalue weighted by Gasteiger charge is 2.40. The third-order valence-corrected chi connectivity index (χ3v) is 7.40. The second-order valence-electron chi connectivity index (χ2n) is 7.59. The van der Waals surface area contributed by atoms with E-state index in [2.05, 4.69) is 5.32 Å². The Kier molecular flexibility index (Phi) is 7.29. The molecule has 8 nitrogen and oxygen atoms in total. The van der Waals surface area contributed by atoms with Crippen molar-refractivity contribution in [3.05, 3.63) is 65.7 Å². The molecule has 0 fully saturated rings. The van der Waals surface area contributed by atoms with Gasteiger partial charge in [-0.25, -0.2) is 12.7 Å². The normalized spacial score (nSPS) is 15.2. The summed E-state index contributed by atoms with van der Waals surface area (Å²) in [6, 6.07) is 15.0. The van der Waals surface area contributed by atoms with E-state index >= 15 is 0 Å². The fourth-order valence-electron chi connectivity index (χ4n) is 3.75. The zero-order valence-electron chi connectivity index (χ0n) is 18.2. The average Bonchev–Trinajstić information content (AvgIpc) is 2.99. The first-order valence-corrected chi connectivity index (χ1v) is 11.9. The van der Waals surface area contributed by atoms with Crippen molar-refractivity contribution in [3.8, 4) is 0 Å². The van der Waals surface area contributed by atoms with Crippen molar-refractivity contribution in [2.75, 3.05) is 20.1 Å². The number of rotatable bonds is 9. The number of hydrogen-bond donors (Lipinski definition) is 1. The van der Waals surface area contributed by atoms with Crippen LogP contribution in [0.3, 0.4) is 0 Å². The molecule has 32 heavy (non-hydrogen) atoms. The molecule has 170 valence electrons. The van der Waals surface area contributed by atoms with Crippen molar-refractivity contribution < 1.29 is 22.8 Å². The fraction of sp³-hybridized carbons (Fsp3) is 0.348. The van der Waals surface area contributed by atoms with Crippen molar-refractivity contribution in [1.29, 1.82) is 0 Å². The van der Waals surface area contributed by atoms with Crippen molar-refractivity contribution in [3.63, 3.8) is 0 Å². The molecular weight excluding hydrogens is 430 g/mol. The Morgan fingerprint density at radius 2 is 1.72 bits per heavy atom. The Bertz CT molecular complexity index is 1100. The van der Waals surface area contributed by atoms with Crippen LogP contribution in [-0.2, 0) is 26.0 Å². The average molecular weight is 458 g/mol. The summed E-state index contributed by atoms with van der Waals surface area (Å²) in [5, 5.41) is 2.56. The first-order chi connectivity index (χ1) is 15.3. The van der Waals surface area contributed by atoms with Gasteiger partial charge in [-0.15, -0.1) is 0 Å². The van der Waals surface area contributed by atoms with Gasteiger partial charge >= 0.3 is 0 Å². The van der Waals surface area contributed by atoms with Crippen LogP contribution < -0.4 is 5.32 Å². The molecule has 2 aromatic carbocycles. The van der Waals surface area contributed by atoms with Crippen LogP contribution in [0.25, 0.3) is 0 Å². The van der Waals surface area contributed by atoms with Crippen LogP contribution in [0.4, 0.5) is 0 Å². The predicted octanol–water partition coefficient (Wildman–Crippen LogP) is 1.82. The summed E-state index contributed by atoms with van der Waals surface area (Å²) >= 11 is 0. The molecule has 0 radical (unpaired) electrons. The predicted molar refractivity (Wildman–Crippen MR) is 119 cm³/mol. The minimum absolute atomic E-state index is 0.00551. The monoisotopic (exact) mass is 457 g/mol. The maximum absolute atomic E-state index is 13.0. The standard InChI is InChI=1S/C23H27N3O5S/c1-17(22(28)24-2)25(16-14-18-9-4-3-5-10-18)21(27)13-8-15-26-23(29)19-11-6-7-12-20(19)32(26,30)31/h3-7,9-12,17H,8,13-16H2,1-2H3,(H,24,28)/t17-/m1/s1. The van der Waals surface area contributed by atoms with Gasteiger partial charge in [0.25, 0.3) is 15.9 Å². The van der Waals surface area contributed by atoms with E-state index in [-0.39, 0.29) is 41.7 Å². The number of amides is 3. The summed E-state index contributed by atoms with van der Waals surface area (Å²) in [6.07, 6.45) is 0.772. The number of fused-ring (bicyclic) bond motifs is 1. The van der Waals surface area contributed by atoms with Gasteiger partial charge in [0, 0.05) is 26.6 Å². The highest BCUT2D eigenvalue weighted by Crippen LogP contribution is 2.30. The Balaban J connectivity index is 1.64. The molecule has 2 aromatic rings. The number of nitrogens with zero attached hydrogens (tertiary/aromatic N) is 2. The second kappa shape index (κ2) is 9.95. The third-order valence-electron chi connectivity index (χ3n) is 5.56. The zero-order chi connectivity index (χ0) is 23.3. The minimum atomic E-state index is -3.90. The van der Waals surface area contributed by atoms with Gasteiger partial charge in [0.05, 0.1) is 5.56 Å². The molecule has 3 amide bonds. The van der Waals surface area contributed by atoms with Crippen LogP contribution >= 0.6 is 0 Å². The lowest BCUT2D eigenvalue weighted by Gasteiger charge is -2.28. The number of likely N-dealkylation sites (N-methyl/N-ethyl adjacent to an activating group) is 1. The SMILES string of the molecule is CNC(=O)[C@@H](C)N(CCc1ccccc1)C(=O)CCCN1C(=O)c2ccccc2S1(=O)=O. The lowest BCUT2D eigenvalue weighted by Crippen LogP contribution is -2.48. The molecule has 0 aliphatic carbocycles. The molecule has 0 saturated heterocycles. The van der Waals surface area contributed by atoms with Crippen LogP contribution in [0.5, 0.6) is 0 Å². The largest absolute Gasteiger partial charge is 0.357 e. The van der Waals surface area contributed by atoms with Crippen molar-refractivity contribution in [2.45, 2.75) is 37.1 Å². The van der Waals surface area contributed by atoms with E-state index in [1.54, 1.807) is 19.1 Å². The number of carbonyl (C=O) groups is 3. The molecule has 1 aliphatic heterocycles. The lowest BCUT2D eigenvalue weighted by atomic mass is 10.1. The maximum atomic E-state index is 13.0. The molecule has 0 bridgehead atoms. The molecule has 1 N–H and O–H groups in total. The zero-order valence-corrected chi connectivity index (χ0v) is 19.0. The van der Waals surface area contributed by atoms with Crippen molar-refractivity contribution in [1.82, 2.24) is 14.5 Å². The van der Waals surface area contributed by atoms with E-state index < -0.39 is 22.0 Å². The summed E-state index contributed by atoms with van der Waals surface area (Å²) in [6.45, 7) is 1.92. The number of hydrogen-bond acceptors (Lipinski definition) is 5. The summed E-state index contributed by atoms with van der Waals surface area (Å²) in [5.74, 6) is -1.12. The van der Waals surface area contributed by atoms with Crippen molar-refractivity contribution >= 4 is 27.7 Å². The molecule has 0 unspecified atom stereocenters. The Morgan fingerprint density at radius 3 is 2.38 bits per heavy atom. The highest BCUT2D eigenvalue weighted by molar-refractivity contribution is 7.90. The quantitative estimate of drug-likeness (QED) is 0.619. The lowest BCUT2D eigenvalue weighted by molar-refractivity contribution is -0.139. The molecule has 0 aromatic heterocycles. The Hall–Kier alpha value is -3.20. The summed E-state index contributed by atoms with van der Waals surface area (Å²) in [7, 11) is -2.38. The first kappa shape index (κ1) is 23.5. The van der Waals surface area contributed by atoms with E-state index in [1.807, 2.05) is 30.3 Å². The van der Waals surface area contributed by atoms with Crippen LogP contribution in [0.2, 0.25) is 0 Å². The molecular formula is C23H27N3O5S. The summed E-state index contributed by atoms with van der Waals surface area (Å²) in [5.41, 5.74) is 1.19. The summed E-state index contributed by atoms with van der Waals surface area (Å²) < 4.78 is 26.1. The number of benzene rings is 2. The highest BCUT2D eigenvalue weighted by atomic mass is 32.2. The Morgan fingerprint density at radius 1 is 1.06 bits per heavy atom. The molecule has 0 spiro atoms.